The van der Waals surface area contributed by atoms with Crippen molar-refractivity contribution in [1.29, 1.82) is 0 Å². The van der Waals surface area contributed by atoms with Gasteiger partial charge in [0.1, 0.15) is 0 Å². The van der Waals surface area contributed by atoms with E-state index >= 15 is 0 Å². The SMILES string of the molecule is OCCC1CNc2nc(-c3ccccc3)nn2C1. The van der Waals surface area contributed by atoms with Gasteiger partial charge < -0.3 is 10.4 Å². The maximum atomic E-state index is 8.98. The molecule has 0 radical (unpaired) electrons. The fraction of sp³-hybridized carbons (Fsp3) is 0.385. The largest absolute Gasteiger partial charge is 0.396 e. The zero-order valence-electron chi connectivity index (χ0n) is 10.1. The van der Waals surface area contributed by atoms with Gasteiger partial charge in [0.05, 0.1) is 0 Å². The molecule has 1 aliphatic rings. The Morgan fingerprint density at radius 2 is 2.17 bits per heavy atom. The van der Waals surface area contributed by atoms with E-state index in [1.165, 1.54) is 0 Å². The Morgan fingerprint density at radius 3 is 2.94 bits per heavy atom. The van der Waals surface area contributed by atoms with Crippen molar-refractivity contribution >= 4 is 5.95 Å². The normalized spacial score (nSPS) is 18.2. The maximum Gasteiger partial charge on any atom is 0.221 e. The van der Waals surface area contributed by atoms with Crippen LogP contribution < -0.4 is 5.32 Å². The summed E-state index contributed by atoms with van der Waals surface area (Å²) in [6, 6.07) is 9.96. The molecule has 2 aromatic rings. The Balaban J connectivity index is 1.85. The summed E-state index contributed by atoms with van der Waals surface area (Å²) in [5.74, 6) is 2.00. The minimum absolute atomic E-state index is 0.224. The number of fused-ring (bicyclic) bond motifs is 1. The standard InChI is InChI=1S/C13H16N4O/c18-7-6-10-8-14-13-15-12(16-17(13)9-10)11-4-2-1-3-5-11/h1-5,10,18H,6-9H2,(H,14,15,16). The first kappa shape index (κ1) is 11.2. The van der Waals surface area contributed by atoms with Crippen molar-refractivity contribution in [2.45, 2.75) is 13.0 Å². The van der Waals surface area contributed by atoms with E-state index in [0.717, 1.165) is 36.8 Å². The molecule has 94 valence electrons. The molecular weight excluding hydrogens is 228 g/mol. The Morgan fingerprint density at radius 1 is 1.33 bits per heavy atom. The third kappa shape index (κ3) is 2.09. The second kappa shape index (κ2) is 4.78. The van der Waals surface area contributed by atoms with Crippen LogP contribution in [0.4, 0.5) is 5.95 Å². The lowest BCUT2D eigenvalue weighted by molar-refractivity contribution is 0.244. The number of rotatable bonds is 3. The van der Waals surface area contributed by atoms with Gasteiger partial charge in [0.2, 0.25) is 5.95 Å². The van der Waals surface area contributed by atoms with Crippen LogP contribution in [0.5, 0.6) is 0 Å². The summed E-state index contributed by atoms with van der Waals surface area (Å²) in [5.41, 5.74) is 1.03. The van der Waals surface area contributed by atoms with Gasteiger partial charge in [-0.25, -0.2) is 4.68 Å². The first-order valence-electron chi connectivity index (χ1n) is 6.22. The lowest BCUT2D eigenvalue weighted by atomic mass is 10.1. The smallest absolute Gasteiger partial charge is 0.221 e. The molecule has 2 heterocycles. The molecule has 0 fully saturated rings. The van der Waals surface area contributed by atoms with Crippen LogP contribution in [0.1, 0.15) is 6.42 Å². The van der Waals surface area contributed by atoms with Crippen molar-refractivity contribution in [2.24, 2.45) is 5.92 Å². The number of hydrogen-bond donors (Lipinski definition) is 2. The summed E-state index contributed by atoms with van der Waals surface area (Å²) in [7, 11) is 0. The number of aromatic nitrogens is 3. The number of aliphatic hydroxyl groups is 1. The molecule has 1 aliphatic heterocycles. The molecule has 0 aliphatic carbocycles. The molecule has 5 heteroatoms. The van der Waals surface area contributed by atoms with Crippen LogP contribution in [0.15, 0.2) is 30.3 Å². The molecular formula is C13H16N4O. The van der Waals surface area contributed by atoms with Gasteiger partial charge in [-0.15, -0.1) is 5.10 Å². The molecule has 18 heavy (non-hydrogen) atoms. The molecule has 0 saturated heterocycles. The average Bonchev–Trinajstić information content (AvgIpc) is 2.83. The van der Waals surface area contributed by atoms with Crippen LogP contribution in [0.3, 0.4) is 0 Å². The Labute approximate surface area is 105 Å². The summed E-state index contributed by atoms with van der Waals surface area (Å²) in [6.07, 6.45) is 0.799. The second-order valence-corrected chi connectivity index (χ2v) is 4.57. The molecule has 5 nitrogen and oxygen atoms in total. The van der Waals surface area contributed by atoms with Gasteiger partial charge in [-0.2, -0.15) is 4.98 Å². The number of nitrogens with zero attached hydrogens (tertiary/aromatic N) is 3. The zero-order valence-corrected chi connectivity index (χ0v) is 10.1. The van der Waals surface area contributed by atoms with Crippen molar-refractivity contribution in [3.05, 3.63) is 30.3 Å². The molecule has 0 amide bonds. The fourth-order valence-corrected chi connectivity index (χ4v) is 2.23. The molecule has 3 rings (SSSR count). The molecule has 1 aromatic carbocycles. The van der Waals surface area contributed by atoms with E-state index < -0.39 is 0 Å². The molecule has 1 unspecified atom stereocenters. The zero-order chi connectivity index (χ0) is 12.4. The highest BCUT2D eigenvalue weighted by Crippen LogP contribution is 2.22. The topological polar surface area (TPSA) is 63.0 Å². The third-order valence-electron chi connectivity index (χ3n) is 3.22. The third-order valence-corrected chi connectivity index (χ3v) is 3.22. The number of hydrogen-bond acceptors (Lipinski definition) is 4. The second-order valence-electron chi connectivity index (χ2n) is 4.57. The van der Waals surface area contributed by atoms with E-state index in [4.69, 9.17) is 5.11 Å². The number of nitrogens with one attached hydrogen (secondary N) is 1. The first-order valence-corrected chi connectivity index (χ1v) is 6.22. The van der Waals surface area contributed by atoms with E-state index in [-0.39, 0.29) is 6.61 Å². The van der Waals surface area contributed by atoms with Gasteiger partial charge in [0, 0.05) is 25.3 Å². The van der Waals surface area contributed by atoms with Crippen LogP contribution >= 0.6 is 0 Å². The van der Waals surface area contributed by atoms with Crippen LogP contribution in [0.25, 0.3) is 11.4 Å². The van der Waals surface area contributed by atoms with Crippen molar-refractivity contribution in [3.8, 4) is 11.4 Å². The van der Waals surface area contributed by atoms with Gasteiger partial charge in [0.15, 0.2) is 5.82 Å². The highest BCUT2D eigenvalue weighted by molar-refractivity contribution is 5.56. The minimum atomic E-state index is 0.224. The predicted molar refractivity (Wildman–Crippen MR) is 69.1 cm³/mol. The van der Waals surface area contributed by atoms with Crippen LogP contribution in [-0.4, -0.2) is 33.0 Å². The highest BCUT2D eigenvalue weighted by Gasteiger charge is 2.20. The summed E-state index contributed by atoms with van der Waals surface area (Å²) in [5, 5.41) is 16.8. The van der Waals surface area contributed by atoms with E-state index in [1.54, 1.807) is 0 Å². The Hall–Kier alpha value is -1.88. The van der Waals surface area contributed by atoms with E-state index in [1.807, 2.05) is 35.0 Å². The molecule has 1 aromatic heterocycles. The minimum Gasteiger partial charge on any atom is -0.396 e. The molecule has 0 spiro atoms. The van der Waals surface area contributed by atoms with Gasteiger partial charge in [-0.1, -0.05) is 30.3 Å². The van der Waals surface area contributed by atoms with Crippen molar-refractivity contribution < 1.29 is 5.11 Å². The maximum absolute atomic E-state index is 8.98. The monoisotopic (exact) mass is 244 g/mol. The highest BCUT2D eigenvalue weighted by atomic mass is 16.3. The van der Waals surface area contributed by atoms with Crippen LogP contribution in [0.2, 0.25) is 0 Å². The summed E-state index contributed by atoms with van der Waals surface area (Å²) in [4.78, 5) is 4.49. The molecule has 1 atom stereocenters. The first-order chi connectivity index (χ1) is 8.86. The van der Waals surface area contributed by atoms with E-state index in [9.17, 15) is 0 Å². The lowest BCUT2D eigenvalue weighted by Gasteiger charge is -2.22. The van der Waals surface area contributed by atoms with E-state index in [2.05, 4.69) is 15.4 Å². The van der Waals surface area contributed by atoms with Crippen LogP contribution in [0, 0.1) is 5.92 Å². The van der Waals surface area contributed by atoms with Crippen molar-refractivity contribution in [1.82, 2.24) is 14.8 Å². The quantitative estimate of drug-likeness (QED) is 0.856. The fourth-order valence-electron chi connectivity index (χ4n) is 2.23. The van der Waals surface area contributed by atoms with Crippen molar-refractivity contribution in [2.75, 3.05) is 18.5 Å². The molecule has 0 bridgehead atoms. The predicted octanol–water partition coefficient (Wildman–Crippen LogP) is 1.37. The van der Waals surface area contributed by atoms with Gasteiger partial charge in [-0.05, 0) is 12.3 Å². The number of anilines is 1. The number of benzene rings is 1. The van der Waals surface area contributed by atoms with Gasteiger partial charge in [-0.3, -0.25) is 0 Å². The van der Waals surface area contributed by atoms with Gasteiger partial charge >= 0.3 is 0 Å². The summed E-state index contributed by atoms with van der Waals surface area (Å²) >= 11 is 0. The Kier molecular flexibility index (Phi) is 2.98. The number of aliphatic hydroxyl groups excluding tert-OH is 1. The van der Waals surface area contributed by atoms with Crippen LogP contribution in [-0.2, 0) is 6.54 Å². The van der Waals surface area contributed by atoms with Crippen molar-refractivity contribution in [3.63, 3.8) is 0 Å². The summed E-state index contributed by atoms with van der Waals surface area (Å²) in [6.45, 7) is 1.90. The molecule has 2 N–H and O–H groups in total. The lowest BCUT2D eigenvalue weighted by Crippen LogP contribution is -2.28. The Bertz CT molecular complexity index is 523. The van der Waals surface area contributed by atoms with Gasteiger partial charge in [0.25, 0.3) is 0 Å². The average molecular weight is 244 g/mol. The molecule has 0 saturated carbocycles. The van der Waals surface area contributed by atoms with E-state index in [0.29, 0.717) is 5.92 Å². The summed E-state index contributed by atoms with van der Waals surface area (Å²) < 4.78 is 1.90.